The average molecular weight is 386 g/mol. The molecular formula is C20H23FN4O3. The summed E-state index contributed by atoms with van der Waals surface area (Å²) in [6, 6.07) is 5.93. The number of carbonyl (C=O) groups excluding carboxylic acids is 2. The summed E-state index contributed by atoms with van der Waals surface area (Å²) >= 11 is 0. The number of hydrogen-bond acceptors (Lipinski definition) is 4. The third-order valence-electron chi connectivity index (χ3n) is 5.38. The summed E-state index contributed by atoms with van der Waals surface area (Å²) in [5.74, 6) is -0.526. The number of halogens is 1. The van der Waals surface area contributed by atoms with Crippen molar-refractivity contribution in [2.24, 2.45) is 0 Å². The Bertz CT molecular complexity index is 891. The first-order valence-corrected chi connectivity index (χ1v) is 9.54. The van der Waals surface area contributed by atoms with Gasteiger partial charge >= 0.3 is 0 Å². The first kappa shape index (κ1) is 18.6. The summed E-state index contributed by atoms with van der Waals surface area (Å²) < 4.78 is 18.8. The third kappa shape index (κ3) is 3.52. The molecule has 4 rings (SSSR count). The van der Waals surface area contributed by atoms with Crippen molar-refractivity contribution in [2.45, 2.75) is 25.8 Å². The van der Waals surface area contributed by atoms with Crippen LogP contribution in [0.15, 0.2) is 24.3 Å². The SMILES string of the molecule is Cc1cc(-c2cc(C(=O)N3CCC[C@@H]3C(=O)N3CCOCC3)[nH]n2)ccc1F. The maximum absolute atomic E-state index is 13.5. The topological polar surface area (TPSA) is 78.5 Å². The fraction of sp³-hybridized carbons (Fsp3) is 0.450. The Morgan fingerprint density at radius 2 is 2.00 bits per heavy atom. The number of rotatable bonds is 3. The van der Waals surface area contributed by atoms with Crippen molar-refractivity contribution in [1.29, 1.82) is 0 Å². The van der Waals surface area contributed by atoms with Gasteiger partial charge in [-0.2, -0.15) is 5.10 Å². The number of morpholine rings is 1. The van der Waals surface area contributed by atoms with Crippen molar-refractivity contribution in [3.63, 3.8) is 0 Å². The van der Waals surface area contributed by atoms with Gasteiger partial charge in [0.25, 0.3) is 5.91 Å². The highest BCUT2D eigenvalue weighted by molar-refractivity contribution is 5.97. The minimum absolute atomic E-state index is 0.0111. The van der Waals surface area contributed by atoms with E-state index in [4.69, 9.17) is 4.74 Å². The summed E-state index contributed by atoms with van der Waals surface area (Å²) in [5, 5.41) is 6.98. The molecule has 0 saturated carbocycles. The number of hydrogen-bond donors (Lipinski definition) is 1. The molecule has 2 fully saturated rings. The number of nitrogens with one attached hydrogen (secondary N) is 1. The second-order valence-corrected chi connectivity index (χ2v) is 7.23. The van der Waals surface area contributed by atoms with Crippen LogP contribution in [-0.4, -0.2) is 70.7 Å². The Balaban J connectivity index is 1.51. The number of aromatic amines is 1. The summed E-state index contributed by atoms with van der Waals surface area (Å²) in [6.07, 6.45) is 1.46. The van der Waals surface area contributed by atoms with Crippen molar-refractivity contribution in [3.8, 4) is 11.3 Å². The zero-order valence-corrected chi connectivity index (χ0v) is 15.8. The highest BCUT2D eigenvalue weighted by Crippen LogP contribution is 2.25. The van der Waals surface area contributed by atoms with Crippen LogP contribution in [-0.2, 0) is 9.53 Å². The molecule has 0 aliphatic carbocycles. The van der Waals surface area contributed by atoms with Crippen LogP contribution >= 0.6 is 0 Å². The second kappa shape index (κ2) is 7.71. The number of benzene rings is 1. The largest absolute Gasteiger partial charge is 0.378 e. The zero-order valence-electron chi connectivity index (χ0n) is 15.8. The van der Waals surface area contributed by atoms with Crippen LogP contribution in [0.2, 0.25) is 0 Å². The van der Waals surface area contributed by atoms with Crippen LogP contribution in [0.5, 0.6) is 0 Å². The third-order valence-corrected chi connectivity index (χ3v) is 5.38. The molecule has 0 unspecified atom stereocenters. The van der Waals surface area contributed by atoms with Gasteiger partial charge in [0.15, 0.2) is 0 Å². The minimum atomic E-state index is -0.439. The van der Waals surface area contributed by atoms with Gasteiger partial charge in [0.2, 0.25) is 5.91 Å². The molecule has 1 N–H and O–H groups in total. The van der Waals surface area contributed by atoms with Crippen LogP contribution in [0.1, 0.15) is 28.9 Å². The maximum Gasteiger partial charge on any atom is 0.272 e. The summed E-state index contributed by atoms with van der Waals surface area (Å²) in [7, 11) is 0. The van der Waals surface area contributed by atoms with E-state index in [-0.39, 0.29) is 17.6 Å². The molecular weight excluding hydrogens is 363 g/mol. The first-order valence-electron chi connectivity index (χ1n) is 9.54. The lowest BCUT2D eigenvalue weighted by Gasteiger charge is -2.32. The van der Waals surface area contributed by atoms with Crippen molar-refractivity contribution in [2.75, 3.05) is 32.8 Å². The van der Waals surface area contributed by atoms with E-state index in [1.807, 2.05) is 0 Å². The van der Waals surface area contributed by atoms with Gasteiger partial charge in [-0.3, -0.25) is 14.7 Å². The van der Waals surface area contributed by atoms with E-state index in [2.05, 4.69) is 10.2 Å². The molecule has 0 spiro atoms. The molecule has 1 atom stereocenters. The van der Waals surface area contributed by atoms with Gasteiger partial charge in [0.05, 0.1) is 18.9 Å². The van der Waals surface area contributed by atoms with E-state index >= 15 is 0 Å². The molecule has 2 saturated heterocycles. The number of amides is 2. The Hall–Kier alpha value is -2.74. The fourth-order valence-electron chi connectivity index (χ4n) is 3.80. The molecule has 1 aromatic carbocycles. The lowest BCUT2D eigenvalue weighted by atomic mass is 10.1. The standard InChI is InChI=1S/C20H23FN4O3/c1-13-11-14(4-5-15(13)21)16-12-17(23-22-16)19(26)25-6-2-3-18(25)20(27)24-7-9-28-10-8-24/h4-5,11-12,18H,2-3,6-10H2,1H3,(H,22,23)/t18-/m1/s1. The predicted molar refractivity (Wildman–Crippen MR) is 100 cm³/mol. The van der Waals surface area contributed by atoms with Gasteiger partial charge in [-0.1, -0.05) is 0 Å². The van der Waals surface area contributed by atoms with Crippen LogP contribution in [0.3, 0.4) is 0 Å². The molecule has 148 valence electrons. The number of carbonyl (C=O) groups is 2. The summed E-state index contributed by atoms with van der Waals surface area (Å²) in [4.78, 5) is 29.3. The number of nitrogens with zero attached hydrogens (tertiary/aromatic N) is 3. The maximum atomic E-state index is 13.5. The number of likely N-dealkylation sites (tertiary alicyclic amines) is 1. The smallest absolute Gasteiger partial charge is 0.272 e. The number of aryl methyl sites for hydroxylation is 1. The summed E-state index contributed by atoms with van der Waals surface area (Å²) in [5.41, 5.74) is 2.15. The Kier molecular flexibility index (Phi) is 5.13. The molecule has 2 amide bonds. The molecule has 3 heterocycles. The van der Waals surface area contributed by atoms with E-state index in [9.17, 15) is 14.0 Å². The Labute approximate surface area is 162 Å². The van der Waals surface area contributed by atoms with Gasteiger partial charge in [-0.15, -0.1) is 0 Å². The molecule has 28 heavy (non-hydrogen) atoms. The normalized spacial score (nSPS) is 19.9. The van der Waals surface area contributed by atoms with Gasteiger partial charge in [-0.25, -0.2) is 4.39 Å². The zero-order chi connectivity index (χ0) is 19.7. The van der Waals surface area contributed by atoms with E-state index in [0.717, 1.165) is 12.0 Å². The molecule has 1 aromatic heterocycles. The molecule has 7 nitrogen and oxygen atoms in total. The molecule has 2 aromatic rings. The molecule has 2 aliphatic heterocycles. The Morgan fingerprint density at radius 3 is 2.75 bits per heavy atom. The number of H-pyrrole nitrogens is 1. The molecule has 0 bridgehead atoms. The number of aromatic nitrogens is 2. The monoisotopic (exact) mass is 386 g/mol. The molecule has 2 aliphatic rings. The van der Waals surface area contributed by atoms with Gasteiger partial charge in [0, 0.05) is 25.2 Å². The van der Waals surface area contributed by atoms with Crippen LogP contribution < -0.4 is 0 Å². The summed E-state index contributed by atoms with van der Waals surface area (Å²) in [6.45, 7) is 4.43. The minimum Gasteiger partial charge on any atom is -0.378 e. The fourth-order valence-corrected chi connectivity index (χ4v) is 3.80. The average Bonchev–Trinajstić information content (AvgIpc) is 3.39. The van der Waals surface area contributed by atoms with Crippen LogP contribution in [0.4, 0.5) is 4.39 Å². The molecule has 0 radical (unpaired) electrons. The highest BCUT2D eigenvalue weighted by atomic mass is 19.1. The van der Waals surface area contributed by atoms with Crippen molar-refractivity contribution in [3.05, 3.63) is 41.3 Å². The van der Waals surface area contributed by atoms with Crippen molar-refractivity contribution in [1.82, 2.24) is 20.0 Å². The van der Waals surface area contributed by atoms with Crippen molar-refractivity contribution < 1.29 is 18.7 Å². The van der Waals surface area contributed by atoms with Gasteiger partial charge in [0.1, 0.15) is 17.6 Å². The van der Waals surface area contributed by atoms with Gasteiger partial charge < -0.3 is 14.5 Å². The van der Waals surface area contributed by atoms with E-state index in [0.29, 0.717) is 56.2 Å². The predicted octanol–water partition coefficient (Wildman–Crippen LogP) is 1.99. The van der Waals surface area contributed by atoms with Crippen LogP contribution in [0.25, 0.3) is 11.3 Å². The van der Waals surface area contributed by atoms with E-state index in [1.165, 1.54) is 6.07 Å². The van der Waals surface area contributed by atoms with E-state index in [1.54, 1.807) is 34.9 Å². The Morgan fingerprint density at radius 1 is 1.21 bits per heavy atom. The van der Waals surface area contributed by atoms with Crippen molar-refractivity contribution >= 4 is 11.8 Å². The first-order chi connectivity index (χ1) is 13.5. The second-order valence-electron chi connectivity index (χ2n) is 7.23. The van der Waals surface area contributed by atoms with Gasteiger partial charge in [-0.05, 0) is 49.6 Å². The van der Waals surface area contributed by atoms with E-state index < -0.39 is 6.04 Å². The highest BCUT2D eigenvalue weighted by Gasteiger charge is 2.37. The lowest BCUT2D eigenvalue weighted by molar-refractivity contribution is -0.139. The number of ether oxygens (including phenoxy) is 1. The quantitative estimate of drug-likeness (QED) is 0.875. The van der Waals surface area contributed by atoms with Crippen LogP contribution in [0, 0.1) is 12.7 Å². The lowest BCUT2D eigenvalue weighted by Crippen LogP contribution is -2.51. The molecule has 8 heteroatoms.